The molecule has 4 nitrogen and oxygen atoms in total. The standard InChI is InChI=1S/C13H18ClNO3S/c1-4-10(3)15(5-2)13(16)11-7-6-8-12(9-11)19(14,17)18/h6-10H,4-5H2,1-3H3. The van der Waals surface area contributed by atoms with Crippen molar-refractivity contribution in [1.82, 2.24) is 4.90 Å². The Morgan fingerprint density at radius 1 is 1.37 bits per heavy atom. The van der Waals surface area contributed by atoms with Crippen LogP contribution in [-0.4, -0.2) is 31.8 Å². The number of halogens is 1. The fourth-order valence-corrected chi connectivity index (χ4v) is 2.62. The molecule has 1 amide bonds. The number of hydrogen-bond acceptors (Lipinski definition) is 3. The van der Waals surface area contributed by atoms with Crippen LogP contribution in [0.25, 0.3) is 0 Å². The third kappa shape index (κ3) is 3.94. The van der Waals surface area contributed by atoms with Crippen LogP contribution in [0, 0.1) is 0 Å². The van der Waals surface area contributed by atoms with Crippen molar-refractivity contribution >= 4 is 25.6 Å². The molecule has 1 unspecified atom stereocenters. The first kappa shape index (κ1) is 16.0. The molecule has 0 spiro atoms. The summed E-state index contributed by atoms with van der Waals surface area (Å²) >= 11 is 0. The fourth-order valence-electron chi connectivity index (χ4n) is 1.82. The van der Waals surface area contributed by atoms with Gasteiger partial charge in [-0.15, -0.1) is 0 Å². The van der Waals surface area contributed by atoms with Gasteiger partial charge in [0.1, 0.15) is 0 Å². The lowest BCUT2D eigenvalue weighted by atomic mass is 10.1. The van der Waals surface area contributed by atoms with Gasteiger partial charge in [-0.2, -0.15) is 0 Å². The second-order valence-corrected chi connectivity index (χ2v) is 6.88. The number of carbonyl (C=O) groups excluding carboxylic acids is 1. The van der Waals surface area contributed by atoms with E-state index in [0.29, 0.717) is 12.1 Å². The molecule has 1 aromatic carbocycles. The van der Waals surface area contributed by atoms with Crippen LogP contribution in [0.4, 0.5) is 0 Å². The minimum atomic E-state index is -3.82. The Balaban J connectivity index is 3.13. The van der Waals surface area contributed by atoms with E-state index >= 15 is 0 Å². The van der Waals surface area contributed by atoms with Gasteiger partial charge in [-0.25, -0.2) is 8.42 Å². The lowest BCUT2D eigenvalue weighted by Crippen LogP contribution is -2.38. The summed E-state index contributed by atoms with van der Waals surface area (Å²) in [6, 6.07) is 5.91. The van der Waals surface area contributed by atoms with Gasteiger partial charge in [-0.3, -0.25) is 4.79 Å². The lowest BCUT2D eigenvalue weighted by molar-refractivity contribution is 0.0699. The van der Waals surface area contributed by atoms with Crippen molar-refractivity contribution in [3.63, 3.8) is 0 Å². The van der Waals surface area contributed by atoms with E-state index in [2.05, 4.69) is 0 Å². The first-order chi connectivity index (χ1) is 8.81. The maximum Gasteiger partial charge on any atom is 0.261 e. The highest BCUT2D eigenvalue weighted by Crippen LogP contribution is 2.18. The van der Waals surface area contributed by atoms with Gasteiger partial charge in [0.05, 0.1) is 4.90 Å². The number of rotatable bonds is 5. The molecule has 1 rings (SSSR count). The van der Waals surface area contributed by atoms with Crippen LogP contribution in [0.1, 0.15) is 37.6 Å². The molecule has 0 aliphatic carbocycles. The Hall–Kier alpha value is -1.07. The van der Waals surface area contributed by atoms with Crippen LogP contribution in [-0.2, 0) is 9.05 Å². The van der Waals surface area contributed by atoms with Crippen molar-refractivity contribution in [2.45, 2.75) is 38.1 Å². The summed E-state index contributed by atoms with van der Waals surface area (Å²) in [5, 5.41) is 0. The summed E-state index contributed by atoms with van der Waals surface area (Å²) in [7, 11) is 1.47. The first-order valence-electron chi connectivity index (χ1n) is 6.17. The smallest absolute Gasteiger partial charge is 0.261 e. The van der Waals surface area contributed by atoms with Gasteiger partial charge in [0.15, 0.2) is 0 Å². The van der Waals surface area contributed by atoms with Crippen molar-refractivity contribution in [3.8, 4) is 0 Å². The second kappa shape index (κ2) is 6.39. The van der Waals surface area contributed by atoms with E-state index in [1.54, 1.807) is 11.0 Å². The van der Waals surface area contributed by atoms with Gasteiger partial charge >= 0.3 is 0 Å². The molecule has 0 aliphatic heterocycles. The lowest BCUT2D eigenvalue weighted by Gasteiger charge is -2.27. The van der Waals surface area contributed by atoms with Crippen LogP contribution in [0.5, 0.6) is 0 Å². The van der Waals surface area contributed by atoms with Crippen LogP contribution in [0.3, 0.4) is 0 Å². The van der Waals surface area contributed by atoms with Gasteiger partial charge in [0.2, 0.25) is 0 Å². The Bertz CT molecular complexity index is 557. The summed E-state index contributed by atoms with van der Waals surface area (Å²) in [5.41, 5.74) is 0.337. The first-order valence-corrected chi connectivity index (χ1v) is 8.47. The molecular weight excluding hydrogens is 286 g/mol. The molecule has 0 bridgehead atoms. The Kier molecular flexibility index (Phi) is 5.38. The number of hydrogen-bond donors (Lipinski definition) is 0. The second-order valence-electron chi connectivity index (χ2n) is 4.31. The normalized spacial score (nSPS) is 13.1. The average Bonchev–Trinajstić information content (AvgIpc) is 2.38. The van der Waals surface area contributed by atoms with Crippen LogP contribution in [0.2, 0.25) is 0 Å². The van der Waals surface area contributed by atoms with Crippen molar-refractivity contribution in [3.05, 3.63) is 29.8 Å². The summed E-state index contributed by atoms with van der Waals surface area (Å²) < 4.78 is 22.6. The number of nitrogens with zero attached hydrogens (tertiary/aromatic N) is 1. The van der Waals surface area contributed by atoms with Gasteiger partial charge in [-0.1, -0.05) is 13.0 Å². The average molecular weight is 304 g/mol. The van der Waals surface area contributed by atoms with E-state index in [1.165, 1.54) is 18.2 Å². The molecule has 19 heavy (non-hydrogen) atoms. The topological polar surface area (TPSA) is 54.5 Å². The highest BCUT2D eigenvalue weighted by atomic mass is 35.7. The molecule has 6 heteroatoms. The van der Waals surface area contributed by atoms with Crippen LogP contribution < -0.4 is 0 Å². The van der Waals surface area contributed by atoms with Crippen LogP contribution in [0.15, 0.2) is 29.2 Å². The molecule has 1 atom stereocenters. The molecule has 0 N–H and O–H groups in total. The summed E-state index contributed by atoms with van der Waals surface area (Å²) in [4.78, 5) is 14.0. The van der Waals surface area contributed by atoms with E-state index in [0.717, 1.165) is 6.42 Å². The van der Waals surface area contributed by atoms with E-state index in [1.807, 2.05) is 20.8 Å². The van der Waals surface area contributed by atoms with Crippen molar-refractivity contribution in [2.24, 2.45) is 0 Å². The molecule has 0 saturated carbocycles. The van der Waals surface area contributed by atoms with E-state index in [-0.39, 0.29) is 16.8 Å². The van der Waals surface area contributed by atoms with Crippen molar-refractivity contribution in [1.29, 1.82) is 0 Å². The Labute approximate surface area is 118 Å². The van der Waals surface area contributed by atoms with E-state index in [9.17, 15) is 13.2 Å². The maximum absolute atomic E-state index is 12.3. The fraction of sp³-hybridized carbons (Fsp3) is 0.462. The highest BCUT2D eigenvalue weighted by molar-refractivity contribution is 8.13. The zero-order valence-electron chi connectivity index (χ0n) is 11.3. The van der Waals surface area contributed by atoms with Gasteiger partial charge in [-0.05, 0) is 38.5 Å². The van der Waals surface area contributed by atoms with Gasteiger partial charge in [0.25, 0.3) is 15.0 Å². The Morgan fingerprint density at radius 3 is 2.47 bits per heavy atom. The monoisotopic (exact) mass is 303 g/mol. The zero-order chi connectivity index (χ0) is 14.6. The van der Waals surface area contributed by atoms with E-state index < -0.39 is 9.05 Å². The summed E-state index contributed by atoms with van der Waals surface area (Å²) in [6.07, 6.45) is 0.840. The molecule has 0 aromatic heterocycles. The molecule has 0 fully saturated rings. The highest BCUT2D eigenvalue weighted by Gasteiger charge is 2.20. The largest absolute Gasteiger partial charge is 0.336 e. The third-order valence-corrected chi connectivity index (χ3v) is 4.44. The van der Waals surface area contributed by atoms with Gasteiger partial charge in [0, 0.05) is 28.8 Å². The number of benzene rings is 1. The summed E-state index contributed by atoms with van der Waals surface area (Å²) in [5.74, 6) is -0.181. The predicted octanol–water partition coefficient (Wildman–Crippen LogP) is 2.87. The minimum Gasteiger partial charge on any atom is -0.336 e. The summed E-state index contributed by atoms with van der Waals surface area (Å²) in [6.45, 7) is 6.43. The SMILES string of the molecule is CCC(C)N(CC)C(=O)c1cccc(S(=O)(=O)Cl)c1. The van der Waals surface area contributed by atoms with Gasteiger partial charge < -0.3 is 4.90 Å². The predicted molar refractivity (Wildman–Crippen MR) is 75.9 cm³/mol. The quantitative estimate of drug-likeness (QED) is 0.786. The zero-order valence-corrected chi connectivity index (χ0v) is 12.8. The van der Waals surface area contributed by atoms with Crippen LogP contribution >= 0.6 is 10.7 Å². The van der Waals surface area contributed by atoms with Crippen molar-refractivity contribution in [2.75, 3.05) is 6.54 Å². The number of carbonyl (C=O) groups is 1. The molecule has 0 saturated heterocycles. The van der Waals surface area contributed by atoms with E-state index in [4.69, 9.17) is 10.7 Å². The minimum absolute atomic E-state index is 0.0554. The Morgan fingerprint density at radius 2 is 2.00 bits per heavy atom. The third-order valence-electron chi connectivity index (χ3n) is 3.09. The molecule has 0 aliphatic rings. The molecule has 1 aromatic rings. The molecule has 0 radical (unpaired) electrons. The van der Waals surface area contributed by atoms with Crippen molar-refractivity contribution < 1.29 is 13.2 Å². The number of amides is 1. The molecule has 106 valence electrons. The maximum atomic E-state index is 12.3. The molecular formula is C13H18ClNO3S. The molecule has 0 heterocycles.